The number of halogens is 1. The van der Waals surface area contributed by atoms with Crippen LogP contribution < -0.4 is 5.32 Å². The van der Waals surface area contributed by atoms with E-state index in [1.54, 1.807) is 0 Å². The SMILES string of the molecule is Clc1ccc(-n2nc(-c3cc4ccccc4o3)c3c2NCCCC3)cc1. The van der Waals surface area contributed by atoms with Gasteiger partial charge in [0.15, 0.2) is 5.76 Å². The van der Waals surface area contributed by atoms with E-state index in [0.717, 1.165) is 64.8 Å². The van der Waals surface area contributed by atoms with Crippen LogP contribution in [0.5, 0.6) is 0 Å². The standard InChI is InChI=1S/C21H18ClN3O/c22-15-8-10-16(11-9-15)25-21-17(6-3-4-12-23-21)20(24-25)19-13-14-5-1-2-7-18(14)26-19/h1-2,5,7-11,13,23H,3-4,6,12H2. The van der Waals surface area contributed by atoms with Gasteiger partial charge in [0.05, 0.1) is 5.69 Å². The van der Waals surface area contributed by atoms with Crippen molar-refractivity contribution in [1.82, 2.24) is 9.78 Å². The first kappa shape index (κ1) is 15.5. The Labute approximate surface area is 156 Å². The molecule has 130 valence electrons. The summed E-state index contributed by atoms with van der Waals surface area (Å²) in [6.07, 6.45) is 3.27. The van der Waals surface area contributed by atoms with Gasteiger partial charge in [0.2, 0.25) is 0 Å². The van der Waals surface area contributed by atoms with Crippen molar-refractivity contribution in [2.75, 3.05) is 11.9 Å². The molecule has 0 bridgehead atoms. The first-order chi connectivity index (χ1) is 12.8. The fourth-order valence-corrected chi connectivity index (χ4v) is 3.69. The van der Waals surface area contributed by atoms with Gasteiger partial charge >= 0.3 is 0 Å². The molecular weight excluding hydrogens is 346 g/mol. The summed E-state index contributed by atoms with van der Waals surface area (Å²) in [5.41, 5.74) is 4.01. The molecular formula is C21H18ClN3O. The van der Waals surface area contributed by atoms with Gasteiger partial charge in [0, 0.05) is 22.5 Å². The highest BCUT2D eigenvalue weighted by Gasteiger charge is 2.23. The van der Waals surface area contributed by atoms with Gasteiger partial charge in [-0.25, -0.2) is 4.68 Å². The van der Waals surface area contributed by atoms with Crippen molar-refractivity contribution >= 4 is 28.4 Å². The molecule has 0 saturated heterocycles. The molecule has 0 fully saturated rings. The fraction of sp³-hybridized carbons (Fsp3) is 0.190. The normalized spacial score (nSPS) is 14.0. The van der Waals surface area contributed by atoms with Gasteiger partial charge in [-0.05, 0) is 55.7 Å². The number of nitrogens with one attached hydrogen (secondary N) is 1. The second kappa shape index (κ2) is 6.22. The average Bonchev–Trinajstić information content (AvgIpc) is 3.16. The number of benzene rings is 2. The molecule has 0 amide bonds. The maximum absolute atomic E-state index is 6.10. The zero-order valence-corrected chi connectivity index (χ0v) is 15.0. The summed E-state index contributed by atoms with van der Waals surface area (Å²) >= 11 is 6.05. The van der Waals surface area contributed by atoms with Gasteiger partial charge in [0.1, 0.15) is 17.1 Å². The number of hydrogen-bond donors (Lipinski definition) is 1. The van der Waals surface area contributed by atoms with Crippen molar-refractivity contribution in [1.29, 1.82) is 0 Å². The number of aromatic nitrogens is 2. The van der Waals surface area contributed by atoms with Crippen LogP contribution in [0.2, 0.25) is 5.02 Å². The average molecular weight is 364 g/mol. The Morgan fingerprint density at radius 2 is 1.88 bits per heavy atom. The highest BCUT2D eigenvalue weighted by molar-refractivity contribution is 6.30. The van der Waals surface area contributed by atoms with Crippen molar-refractivity contribution in [3.8, 4) is 17.1 Å². The summed E-state index contributed by atoms with van der Waals surface area (Å²) in [5.74, 6) is 1.87. The second-order valence-corrected chi connectivity index (χ2v) is 7.03. The summed E-state index contributed by atoms with van der Waals surface area (Å²) in [5, 5.41) is 10.3. The maximum atomic E-state index is 6.10. The lowest BCUT2D eigenvalue weighted by atomic mass is 10.1. The van der Waals surface area contributed by atoms with E-state index >= 15 is 0 Å². The zero-order valence-electron chi connectivity index (χ0n) is 14.2. The largest absolute Gasteiger partial charge is 0.454 e. The van der Waals surface area contributed by atoms with Crippen LogP contribution in [0.15, 0.2) is 59.0 Å². The smallest absolute Gasteiger partial charge is 0.156 e. The van der Waals surface area contributed by atoms with Crippen LogP contribution >= 0.6 is 11.6 Å². The quantitative estimate of drug-likeness (QED) is 0.497. The number of hydrogen-bond acceptors (Lipinski definition) is 3. The molecule has 3 heterocycles. The first-order valence-electron chi connectivity index (χ1n) is 8.90. The van der Waals surface area contributed by atoms with Crippen molar-refractivity contribution in [3.63, 3.8) is 0 Å². The van der Waals surface area contributed by atoms with E-state index in [1.807, 2.05) is 47.1 Å². The van der Waals surface area contributed by atoms with E-state index in [2.05, 4.69) is 17.4 Å². The molecule has 5 heteroatoms. The number of para-hydroxylation sites is 1. The third-order valence-corrected chi connectivity index (χ3v) is 5.11. The molecule has 0 radical (unpaired) electrons. The maximum Gasteiger partial charge on any atom is 0.156 e. The fourth-order valence-electron chi connectivity index (χ4n) is 3.57. The minimum absolute atomic E-state index is 0.720. The molecule has 2 aromatic heterocycles. The molecule has 4 aromatic rings. The van der Waals surface area contributed by atoms with Gasteiger partial charge in [-0.2, -0.15) is 5.10 Å². The van der Waals surface area contributed by atoms with E-state index in [9.17, 15) is 0 Å². The van der Waals surface area contributed by atoms with Crippen LogP contribution in [-0.2, 0) is 6.42 Å². The third-order valence-electron chi connectivity index (χ3n) is 4.86. The van der Waals surface area contributed by atoms with Gasteiger partial charge in [-0.1, -0.05) is 29.8 Å². The number of nitrogens with zero attached hydrogens (tertiary/aromatic N) is 2. The Morgan fingerprint density at radius 3 is 2.73 bits per heavy atom. The summed E-state index contributed by atoms with van der Waals surface area (Å²) in [7, 11) is 0. The molecule has 0 spiro atoms. The summed E-state index contributed by atoms with van der Waals surface area (Å²) < 4.78 is 8.08. The number of furan rings is 1. The molecule has 0 aliphatic carbocycles. The minimum atomic E-state index is 0.720. The number of anilines is 1. The van der Waals surface area contributed by atoms with Gasteiger partial charge in [-0.3, -0.25) is 0 Å². The number of fused-ring (bicyclic) bond motifs is 2. The van der Waals surface area contributed by atoms with Crippen molar-refractivity contribution in [2.24, 2.45) is 0 Å². The highest BCUT2D eigenvalue weighted by Crippen LogP contribution is 2.36. The van der Waals surface area contributed by atoms with Crippen LogP contribution in [0.3, 0.4) is 0 Å². The van der Waals surface area contributed by atoms with E-state index in [-0.39, 0.29) is 0 Å². The molecule has 1 N–H and O–H groups in total. The van der Waals surface area contributed by atoms with Crippen LogP contribution in [0, 0.1) is 0 Å². The molecule has 5 rings (SSSR count). The van der Waals surface area contributed by atoms with E-state index in [1.165, 1.54) is 5.56 Å². The molecule has 0 atom stereocenters. The molecule has 0 unspecified atom stereocenters. The topological polar surface area (TPSA) is 43.0 Å². The Balaban J connectivity index is 1.71. The van der Waals surface area contributed by atoms with Crippen molar-refractivity contribution < 1.29 is 4.42 Å². The van der Waals surface area contributed by atoms with Crippen LogP contribution in [0.4, 0.5) is 5.82 Å². The first-order valence-corrected chi connectivity index (χ1v) is 9.28. The Hall–Kier alpha value is -2.72. The second-order valence-electron chi connectivity index (χ2n) is 6.60. The summed E-state index contributed by atoms with van der Waals surface area (Å²) in [4.78, 5) is 0. The zero-order chi connectivity index (χ0) is 17.5. The molecule has 26 heavy (non-hydrogen) atoms. The number of rotatable bonds is 2. The van der Waals surface area contributed by atoms with Crippen LogP contribution in [0.25, 0.3) is 28.1 Å². The van der Waals surface area contributed by atoms with Gasteiger partial charge in [0.25, 0.3) is 0 Å². The van der Waals surface area contributed by atoms with Gasteiger partial charge in [-0.15, -0.1) is 0 Å². The lowest BCUT2D eigenvalue weighted by Gasteiger charge is -2.09. The van der Waals surface area contributed by atoms with Crippen LogP contribution in [-0.4, -0.2) is 16.3 Å². The lowest BCUT2D eigenvalue weighted by molar-refractivity contribution is 0.625. The predicted molar refractivity (Wildman–Crippen MR) is 105 cm³/mol. The van der Waals surface area contributed by atoms with Gasteiger partial charge < -0.3 is 9.73 Å². The Morgan fingerprint density at radius 1 is 1.04 bits per heavy atom. The minimum Gasteiger partial charge on any atom is -0.454 e. The predicted octanol–water partition coefficient (Wildman–Crippen LogP) is 5.69. The molecule has 1 aliphatic heterocycles. The summed E-state index contributed by atoms with van der Waals surface area (Å²) in [6, 6.07) is 17.9. The molecule has 2 aromatic carbocycles. The Kier molecular flexibility index (Phi) is 3.71. The van der Waals surface area contributed by atoms with Crippen molar-refractivity contribution in [2.45, 2.75) is 19.3 Å². The molecule has 4 nitrogen and oxygen atoms in total. The lowest BCUT2D eigenvalue weighted by Crippen LogP contribution is -2.07. The third kappa shape index (κ3) is 2.58. The van der Waals surface area contributed by atoms with Crippen LogP contribution in [0.1, 0.15) is 18.4 Å². The van der Waals surface area contributed by atoms with Crippen molar-refractivity contribution in [3.05, 3.63) is 65.2 Å². The monoisotopic (exact) mass is 363 g/mol. The highest BCUT2D eigenvalue weighted by atomic mass is 35.5. The summed E-state index contributed by atoms with van der Waals surface area (Å²) in [6.45, 7) is 0.950. The van der Waals surface area contributed by atoms with E-state index < -0.39 is 0 Å². The molecule has 1 aliphatic rings. The van der Waals surface area contributed by atoms with E-state index in [4.69, 9.17) is 21.1 Å². The molecule has 0 saturated carbocycles. The Bertz CT molecular complexity index is 1050. The van der Waals surface area contributed by atoms with E-state index in [0.29, 0.717) is 0 Å².